The second-order valence-corrected chi connectivity index (χ2v) is 6.59. The molecule has 0 saturated carbocycles. The standard InChI is InChI=1S/C7H11N3O2S2/c8-3-7(6-10-9-5-13-6)1-2-14(11,12)4-7/h5H,1-4,8H2. The van der Waals surface area contributed by atoms with Crippen molar-refractivity contribution in [2.75, 3.05) is 18.1 Å². The van der Waals surface area contributed by atoms with Gasteiger partial charge in [-0.2, -0.15) is 0 Å². The maximum absolute atomic E-state index is 11.4. The van der Waals surface area contributed by atoms with E-state index < -0.39 is 15.3 Å². The predicted molar refractivity (Wildman–Crippen MR) is 53.9 cm³/mol. The molecule has 1 aromatic heterocycles. The number of nitrogens with two attached hydrogens (primary N) is 1. The molecule has 1 atom stereocenters. The SMILES string of the molecule is NCC1(c2nncs2)CCS(=O)(=O)C1. The molecule has 1 aliphatic rings. The van der Waals surface area contributed by atoms with Crippen LogP contribution in [0.2, 0.25) is 0 Å². The fourth-order valence-electron chi connectivity index (χ4n) is 1.74. The van der Waals surface area contributed by atoms with Crippen LogP contribution in [0.5, 0.6) is 0 Å². The van der Waals surface area contributed by atoms with E-state index in [0.717, 1.165) is 5.01 Å². The molecule has 5 nitrogen and oxygen atoms in total. The third-order valence-corrected chi connectivity index (χ3v) is 5.35. The van der Waals surface area contributed by atoms with Crippen LogP contribution in [-0.2, 0) is 15.3 Å². The second kappa shape index (κ2) is 3.25. The van der Waals surface area contributed by atoms with Crippen molar-refractivity contribution in [2.24, 2.45) is 5.73 Å². The summed E-state index contributed by atoms with van der Waals surface area (Å²) in [5.74, 6) is 0.329. The maximum atomic E-state index is 11.4. The molecular weight excluding hydrogens is 222 g/mol. The molecule has 1 aromatic rings. The lowest BCUT2D eigenvalue weighted by Gasteiger charge is -2.21. The molecule has 0 aromatic carbocycles. The van der Waals surface area contributed by atoms with Crippen molar-refractivity contribution < 1.29 is 8.42 Å². The van der Waals surface area contributed by atoms with E-state index in [-0.39, 0.29) is 11.5 Å². The Balaban J connectivity index is 2.39. The van der Waals surface area contributed by atoms with Crippen molar-refractivity contribution in [2.45, 2.75) is 11.8 Å². The summed E-state index contributed by atoms with van der Waals surface area (Å²) >= 11 is 1.38. The van der Waals surface area contributed by atoms with Crippen molar-refractivity contribution in [1.29, 1.82) is 0 Å². The monoisotopic (exact) mass is 233 g/mol. The van der Waals surface area contributed by atoms with Crippen LogP contribution in [-0.4, -0.2) is 36.7 Å². The molecule has 0 aliphatic carbocycles. The summed E-state index contributed by atoms with van der Waals surface area (Å²) in [6.07, 6.45) is 0.570. The Morgan fingerprint density at radius 3 is 2.86 bits per heavy atom. The first kappa shape index (κ1) is 10.0. The zero-order valence-corrected chi connectivity index (χ0v) is 9.14. The molecule has 1 unspecified atom stereocenters. The summed E-state index contributed by atoms with van der Waals surface area (Å²) in [5.41, 5.74) is 6.79. The first-order chi connectivity index (χ1) is 6.58. The number of hydrogen-bond acceptors (Lipinski definition) is 6. The molecule has 2 N–H and O–H groups in total. The molecule has 0 spiro atoms. The highest BCUT2D eigenvalue weighted by Gasteiger charge is 2.44. The first-order valence-corrected chi connectivity index (χ1v) is 6.95. The van der Waals surface area contributed by atoms with Crippen LogP contribution >= 0.6 is 11.3 Å². The Morgan fingerprint density at radius 1 is 1.64 bits per heavy atom. The van der Waals surface area contributed by atoms with Crippen molar-refractivity contribution in [3.05, 3.63) is 10.5 Å². The Kier molecular flexibility index (Phi) is 2.32. The average Bonchev–Trinajstić information content (AvgIpc) is 2.72. The van der Waals surface area contributed by atoms with E-state index in [2.05, 4.69) is 10.2 Å². The number of hydrogen-bond donors (Lipinski definition) is 1. The van der Waals surface area contributed by atoms with E-state index in [0.29, 0.717) is 13.0 Å². The molecule has 7 heteroatoms. The summed E-state index contributed by atoms with van der Waals surface area (Å²) in [5, 5.41) is 8.41. The number of aromatic nitrogens is 2. The van der Waals surface area contributed by atoms with Crippen LogP contribution in [0.25, 0.3) is 0 Å². The summed E-state index contributed by atoms with van der Waals surface area (Å²) in [6.45, 7) is 0.321. The second-order valence-electron chi connectivity index (χ2n) is 3.57. The van der Waals surface area contributed by atoms with Gasteiger partial charge in [-0.25, -0.2) is 8.42 Å². The van der Waals surface area contributed by atoms with Crippen LogP contribution in [0.4, 0.5) is 0 Å². The fourth-order valence-corrected chi connectivity index (χ4v) is 4.71. The topological polar surface area (TPSA) is 85.9 Å². The van der Waals surface area contributed by atoms with Crippen molar-refractivity contribution in [3.63, 3.8) is 0 Å². The summed E-state index contributed by atoms with van der Waals surface area (Å²) < 4.78 is 22.8. The Labute approximate surface area is 86.3 Å². The molecule has 0 bridgehead atoms. The molecule has 0 amide bonds. The van der Waals surface area contributed by atoms with Gasteiger partial charge in [0.15, 0.2) is 9.84 Å². The van der Waals surface area contributed by atoms with Crippen LogP contribution in [0.1, 0.15) is 11.4 Å². The smallest absolute Gasteiger partial charge is 0.151 e. The van der Waals surface area contributed by atoms with Gasteiger partial charge in [-0.05, 0) is 6.42 Å². The first-order valence-electron chi connectivity index (χ1n) is 4.25. The Hall–Kier alpha value is -0.530. The summed E-state index contributed by atoms with van der Waals surface area (Å²) in [7, 11) is -2.93. The van der Waals surface area contributed by atoms with Gasteiger partial charge in [0.05, 0.1) is 16.9 Å². The lowest BCUT2D eigenvalue weighted by molar-refractivity contribution is 0.488. The minimum absolute atomic E-state index is 0.117. The van der Waals surface area contributed by atoms with E-state index in [1.54, 1.807) is 5.51 Å². The van der Waals surface area contributed by atoms with Gasteiger partial charge in [-0.15, -0.1) is 21.5 Å². The molecule has 1 saturated heterocycles. The van der Waals surface area contributed by atoms with Crippen LogP contribution in [0, 0.1) is 0 Å². The lowest BCUT2D eigenvalue weighted by Crippen LogP contribution is -2.36. The highest BCUT2D eigenvalue weighted by atomic mass is 32.2. The minimum Gasteiger partial charge on any atom is -0.329 e. The number of sulfone groups is 1. The molecular formula is C7H11N3O2S2. The average molecular weight is 233 g/mol. The van der Waals surface area contributed by atoms with Gasteiger partial charge in [0.25, 0.3) is 0 Å². The molecule has 1 aliphatic heterocycles. The maximum Gasteiger partial charge on any atom is 0.151 e. The normalized spacial score (nSPS) is 30.6. The van der Waals surface area contributed by atoms with Gasteiger partial charge >= 0.3 is 0 Å². The fraction of sp³-hybridized carbons (Fsp3) is 0.714. The van der Waals surface area contributed by atoms with E-state index in [1.807, 2.05) is 0 Å². The molecule has 2 rings (SSSR count). The van der Waals surface area contributed by atoms with Crippen LogP contribution in [0.15, 0.2) is 5.51 Å². The van der Waals surface area contributed by atoms with Gasteiger partial charge in [0.2, 0.25) is 0 Å². The summed E-state index contributed by atoms with van der Waals surface area (Å²) in [4.78, 5) is 0. The molecule has 14 heavy (non-hydrogen) atoms. The van der Waals surface area contributed by atoms with Crippen molar-refractivity contribution in [1.82, 2.24) is 10.2 Å². The third-order valence-electron chi connectivity index (χ3n) is 2.59. The highest BCUT2D eigenvalue weighted by Crippen LogP contribution is 2.35. The summed E-state index contributed by atoms with van der Waals surface area (Å²) in [6, 6.07) is 0. The molecule has 78 valence electrons. The zero-order valence-electron chi connectivity index (χ0n) is 7.51. The predicted octanol–water partition coefficient (Wildman–Crippen LogP) is -0.447. The zero-order chi connectivity index (χ0) is 10.2. The van der Waals surface area contributed by atoms with Gasteiger partial charge in [-0.3, -0.25) is 0 Å². The largest absolute Gasteiger partial charge is 0.329 e. The van der Waals surface area contributed by atoms with Crippen molar-refractivity contribution in [3.8, 4) is 0 Å². The van der Waals surface area contributed by atoms with E-state index in [1.165, 1.54) is 11.3 Å². The van der Waals surface area contributed by atoms with Crippen LogP contribution in [0.3, 0.4) is 0 Å². The third kappa shape index (κ3) is 1.55. The molecule has 2 heterocycles. The number of rotatable bonds is 2. The van der Waals surface area contributed by atoms with Crippen LogP contribution < -0.4 is 5.73 Å². The Morgan fingerprint density at radius 2 is 2.43 bits per heavy atom. The number of nitrogens with zero attached hydrogens (tertiary/aromatic N) is 2. The van der Waals surface area contributed by atoms with Crippen molar-refractivity contribution >= 4 is 21.2 Å². The van der Waals surface area contributed by atoms with E-state index in [4.69, 9.17) is 5.73 Å². The van der Waals surface area contributed by atoms with Gasteiger partial charge in [0.1, 0.15) is 10.5 Å². The highest BCUT2D eigenvalue weighted by molar-refractivity contribution is 7.91. The Bertz CT molecular complexity index is 414. The van der Waals surface area contributed by atoms with Gasteiger partial charge in [-0.1, -0.05) is 0 Å². The van der Waals surface area contributed by atoms with Gasteiger partial charge in [0, 0.05) is 6.54 Å². The van der Waals surface area contributed by atoms with Gasteiger partial charge < -0.3 is 5.73 Å². The van der Waals surface area contributed by atoms with E-state index >= 15 is 0 Å². The minimum atomic E-state index is -2.93. The molecule has 0 radical (unpaired) electrons. The lowest BCUT2D eigenvalue weighted by atomic mass is 9.89. The van der Waals surface area contributed by atoms with E-state index in [9.17, 15) is 8.42 Å². The quantitative estimate of drug-likeness (QED) is 0.748. The molecule has 1 fully saturated rings.